The average Bonchev–Trinajstić information content (AvgIpc) is 2.13. The zero-order valence-electron chi connectivity index (χ0n) is 7.75. The average molecular weight is 365 g/mol. The Morgan fingerprint density at radius 2 is 1.41 bits per heavy atom. The van der Waals surface area contributed by atoms with E-state index in [1.54, 1.807) is 0 Å². The van der Waals surface area contributed by atoms with Gasteiger partial charge in [-0.05, 0) is 34.7 Å². The summed E-state index contributed by atoms with van der Waals surface area (Å²) in [7, 11) is 0. The summed E-state index contributed by atoms with van der Waals surface area (Å²) in [5.74, 6) is 0. The highest BCUT2D eigenvalue weighted by Crippen LogP contribution is 2.39. The molecule has 1 nitrogen and oxygen atoms in total. The molecule has 0 unspecified atom stereocenters. The standard InChI is InChI=1S/C9H2F6IN/c10-8(11,12)5-2-6(9(13,14)15)7(16)1-4(5)3-17/h1-2H. The summed E-state index contributed by atoms with van der Waals surface area (Å²) in [6.07, 6.45) is -9.88. The van der Waals surface area contributed by atoms with Crippen LogP contribution in [0, 0.1) is 14.9 Å². The Morgan fingerprint density at radius 3 is 1.76 bits per heavy atom. The predicted molar refractivity (Wildman–Crippen MR) is 53.9 cm³/mol. The molecule has 8 heteroatoms. The first-order chi connectivity index (χ1) is 7.57. The molecule has 1 rings (SSSR count). The third kappa shape index (κ3) is 3.02. The van der Waals surface area contributed by atoms with Crippen molar-refractivity contribution in [1.29, 1.82) is 5.26 Å². The number of hydrogen-bond donors (Lipinski definition) is 0. The smallest absolute Gasteiger partial charge is 0.192 e. The van der Waals surface area contributed by atoms with Crippen LogP contribution in [0.2, 0.25) is 0 Å². The normalized spacial score (nSPS) is 12.4. The van der Waals surface area contributed by atoms with Gasteiger partial charge in [-0.25, -0.2) is 0 Å². The molecule has 0 atom stereocenters. The molecule has 0 fully saturated rings. The lowest BCUT2D eigenvalue weighted by Gasteiger charge is -2.14. The van der Waals surface area contributed by atoms with E-state index in [4.69, 9.17) is 5.26 Å². The molecule has 0 N–H and O–H groups in total. The van der Waals surface area contributed by atoms with Gasteiger partial charge in [0.1, 0.15) is 0 Å². The second-order valence-corrected chi connectivity index (χ2v) is 4.15. The number of nitrogens with zero attached hydrogens (tertiary/aromatic N) is 1. The van der Waals surface area contributed by atoms with Crippen LogP contribution in [0.5, 0.6) is 0 Å². The largest absolute Gasteiger partial charge is 0.417 e. The molecule has 0 spiro atoms. The summed E-state index contributed by atoms with van der Waals surface area (Å²) in [4.78, 5) is 0. The third-order valence-corrected chi connectivity index (χ3v) is 2.73. The van der Waals surface area contributed by atoms with Gasteiger partial charge in [-0.3, -0.25) is 0 Å². The number of halogens is 7. The fourth-order valence-electron chi connectivity index (χ4n) is 1.12. The first-order valence-electron chi connectivity index (χ1n) is 3.95. The highest BCUT2D eigenvalue weighted by atomic mass is 127. The van der Waals surface area contributed by atoms with Gasteiger partial charge in [0.2, 0.25) is 0 Å². The molecule has 0 aliphatic heterocycles. The summed E-state index contributed by atoms with van der Waals surface area (Å²) in [5.41, 5.74) is -3.80. The monoisotopic (exact) mass is 365 g/mol. The van der Waals surface area contributed by atoms with Crippen LogP contribution in [0.1, 0.15) is 16.7 Å². The highest BCUT2D eigenvalue weighted by Gasteiger charge is 2.39. The molecule has 0 aliphatic rings. The maximum atomic E-state index is 12.4. The maximum Gasteiger partial charge on any atom is 0.417 e. The second kappa shape index (κ2) is 4.36. The Morgan fingerprint density at radius 1 is 0.941 bits per heavy atom. The van der Waals surface area contributed by atoms with Gasteiger partial charge in [0.15, 0.2) is 0 Å². The molecule has 92 valence electrons. The van der Waals surface area contributed by atoms with Crippen LogP contribution in [-0.2, 0) is 12.4 Å². The minimum absolute atomic E-state index is 0.0413. The van der Waals surface area contributed by atoms with Crippen molar-refractivity contribution in [3.63, 3.8) is 0 Å². The lowest BCUT2D eigenvalue weighted by Crippen LogP contribution is -2.14. The SMILES string of the molecule is N#Cc1cc(I)c(C(F)(F)F)cc1C(F)(F)F. The molecule has 0 bridgehead atoms. The van der Waals surface area contributed by atoms with Gasteiger partial charge < -0.3 is 0 Å². The summed E-state index contributed by atoms with van der Waals surface area (Å²) in [6, 6.07) is 1.76. The second-order valence-electron chi connectivity index (χ2n) is 2.98. The Labute approximate surface area is 105 Å². The van der Waals surface area contributed by atoms with E-state index in [2.05, 4.69) is 0 Å². The van der Waals surface area contributed by atoms with Crippen molar-refractivity contribution in [2.45, 2.75) is 12.4 Å². The van der Waals surface area contributed by atoms with Crippen molar-refractivity contribution in [1.82, 2.24) is 0 Å². The highest BCUT2D eigenvalue weighted by molar-refractivity contribution is 14.1. The van der Waals surface area contributed by atoms with Crippen LogP contribution in [0.25, 0.3) is 0 Å². The summed E-state index contributed by atoms with van der Waals surface area (Å²) in [6.45, 7) is 0. The molecule has 0 aromatic heterocycles. The van der Waals surface area contributed by atoms with Gasteiger partial charge in [0.25, 0.3) is 0 Å². The van der Waals surface area contributed by atoms with Crippen molar-refractivity contribution in [3.05, 3.63) is 32.4 Å². The molecule has 0 heterocycles. The van der Waals surface area contributed by atoms with E-state index in [0.717, 1.165) is 0 Å². The third-order valence-electron chi connectivity index (χ3n) is 1.84. The van der Waals surface area contributed by atoms with E-state index in [0.29, 0.717) is 6.07 Å². The van der Waals surface area contributed by atoms with E-state index >= 15 is 0 Å². The lowest BCUT2D eigenvalue weighted by molar-refractivity contribution is -0.143. The minimum Gasteiger partial charge on any atom is -0.192 e. The van der Waals surface area contributed by atoms with Crippen LogP contribution in [0.15, 0.2) is 12.1 Å². The van der Waals surface area contributed by atoms with Crippen LogP contribution >= 0.6 is 22.6 Å². The van der Waals surface area contributed by atoms with Crippen LogP contribution in [-0.4, -0.2) is 0 Å². The molecule has 17 heavy (non-hydrogen) atoms. The van der Waals surface area contributed by atoms with Crippen molar-refractivity contribution >= 4 is 22.6 Å². The lowest BCUT2D eigenvalue weighted by atomic mass is 10.0. The zero-order valence-corrected chi connectivity index (χ0v) is 9.91. The van der Waals surface area contributed by atoms with Gasteiger partial charge in [-0.1, -0.05) is 0 Å². The number of hydrogen-bond acceptors (Lipinski definition) is 1. The van der Waals surface area contributed by atoms with Crippen LogP contribution in [0.4, 0.5) is 26.3 Å². The Balaban J connectivity index is 3.57. The summed E-state index contributed by atoms with van der Waals surface area (Å²) < 4.78 is 74.0. The van der Waals surface area contributed by atoms with E-state index in [1.807, 2.05) is 0 Å². The zero-order chi connectivity index (χ0) is 13.4. The van der Waals surface area contributed by atoms with Gasteiger partial charge in [0.05, 0.1) is 22.8 Å². The predicted octanol–water partition coefficient (Wildman–Crippen LogP) is 4.20. The maximum absolute atomic E-state index is 12.4. The van der Waals surface area contributed by atoms with E-state index in [1.165, 1.54) is 28.7 Å². The minimum atomic E-state index is -4.99. The van der Waals surface area contributed by atoms with Crippen molar-refractivity contribution in [2.75, 3.05) is 0 Å². The fraction of sp³-hybridized carbons (Fsp3) is 0.222. The molecule has 1 aromatic rings. The van der Waals surface area contributed by atoms with E-state index < -0.39 is 32.6 Å². The molecule has 0 radical (unpaired) electrons. The van der Waals surface area contributed by atoms with E-state index in [-0.39, 0.29) is 6.07 Å². The molecule has 0 aliphatic carbocycles. The molecule has 0 saturated heterocycles. The molecule has 1 aromatic carbocycles. The van der Waals surface area contributed by atoms with Crippen LogP contribution in [0.3, 0.4) is 0 Å². The van der Waals surface area contributed by atoms with Gasteiger partial charge in [-0.15, -0.1) is 0 Å². The number of nitriles is 1. The Hall–Kier alpha value is -0.980. The number of rotatable bonds is 0. The molecular formula is C9H2F6IN. The van der Waals surface area contributed by atoms with E-state index in [9.17, 15) is 26.3 Å². The van der Waals surface area contributed by atoms with Crippen molar-refractivity contribution in [2.24, 2.45) is 0 Å². The molecule has 0 amide bonds. The van der Waals surface area contributed by atoms with Crippen molar-refractivity contribution < 1.29 is 26.3 Å². The van der Waals surface area contributed by atoms with Gasteiger partial charge >= 0.3 is 12.4 Å². The number of benzene rings is 1. The summed E-state index contributed by atoms with van der Waals surface area (Å²) >= 11 is 1.24. The topological polar surface area (TPSA) is 23.8 Å². The first-order valence-corrected chi connectivity index (χ1v) is 5.03. The first kappa shape index (κ1) is 14.1. The molecular weight excluding hydrogens is 363 g/mol. The Bertz CT molecular complexity index is 482. The Kier molecular flexibility index (Phi) is 3.61. The number of alkyl halides is 6. The van der Waals surface area contributed by atoms with Gasteiger partial charge in [-0.2, -0.15) is 31.6 Å². The quantitative estimate of drug-likeness (QED) is 0.500. The van der Waals surface area contributed by atoms with Gasteiger partial charge in [0, 0.05) is 3.57 Å². The van der Waals surface area contributed by atoms with Crippen LogP contribution < -0.4 is 0 Å². The van der Waals surface area contributed by atoms with Crippen molar-refractivity contribution in [3.8, 4) is 6.07 Å². The molecule has 0 saturated carbocycles. The fourth-order valence-corrected chi connectivity index (χ4v) is 1.89. The summed E-state index contributed by atoms with van der Waals surface area (Å²) in [5, 5.41) is 8.47.